The predicted octanol–water partition coefficient (Wildman–Crippen LogP) is -1.16. The van der Waals surface area contributed by atoms with Crippen LogP contribution in [0.5, 0.6) is 0 Å². The first-order valence-corrected chi connectivity index (χ1v) is 3.36. The molecule has 3 atom stereocenters. The SMILES string of the molecule is OC[C@H]1OC(O)CC[C@H]1O. The van der Waals surface area contributed by atoms with Crippen molar-refractivity contribution >= 4 is 0 Å². The molecule has 0 saturated carbocycles. The summed E-state index contributed by atoms with van der Waals surface area (Å²) in [6.45, 7) is -0.238. The first kappa shape index (κ1) is 7.94. The van der Waals surface area contributed by atoms with Crippen LogP contribution in [0.2, 0.25) is 0 Å². The van der Waals surface area contributed by atoms with E-state index < -0.39 is 18.5 Å². The normalized spacial score (nSPS) is 41.7. The summed E-state index contributed by atoms with van der Waals surface area (Å²) >= 11 is 0. The van der Waals surface area contributed by atoms with Crippen LogP contribution in [0.15, 0.2) is 0 Å². The van der Waals surface area contributed by atoms with E-state index in [-0.39, 0.29) is 6.61 Å². The Balaban J connectivity index is 2.38. The Kier molecular flexibility index (Phi) is 2.62. The summed E-state index contributed by atoms with van der Waals surface area (Å²) in [6.07, 6.45) is -1.12. The van der Waals surface area contributed by atoms with E-state index in [2.05, 4.69) is 0 Å². The van der Waals surface area contributed by atoms with Gasteiger partial charge in [-0.1, -0.05) is 0 Å². The van der Waals surface area contributed by atoms with Crippen molar-refractivity contribution in [1.82, 2.24) is 0 Å². The van der Waals surface area contributed by atoms with Crippen LogP contribution in [-0.2, 0) is 4.74 Å². The summed E-state index contributed by atoms with van der Waals surface area (Å²) in [6, 6.07) is 0. The van der Waals surface area contributed by atoms with Crippen molar-refractivity contribution in [1.29, 1.82) is 0 Å². The van der Waals surface area contributed by atoms with E-state index in [1.165, 1.54) is 0 Å². The van der Waals surface area contributed by atoms with Crippen LogP contribution in [-0.4, -0.2) is 40.4 Å². The molecule has 0 amide bonds. The van der Waals surface area contributed by atoms with Crippen LogP contribution < -0.4 is 0 Å². The molecule has 10 heavy (non-hydrogen) atoms. The van der Waals surface area contributed by atoms with Gasteiger partial charge in [0.05, 0.1) is 12.7 Å². The highest BCUT2D eigenvalue weighted by Gasteiger charge is 2.27. The molecule has 4 nitrogen and oxygen atoms in total. The lowest BCUT2D eigenvalue weighted by Gasteiger charge is -2.29. The van der Waals surface area contributed by atoms with Gasteiger partial charge in [-0.3, -0.25) is 0 Å². The molecule has 1 saturated heterocycles. The monoisotopic (exact) mass is 148 g/mol. The lowest BCUT2D eigenvalue weighted by atomic mass is 10.1. The fourth-order valence-electron chi connectivity index (χ4n) is 1.02. The molecule has 0 aliphatic carbocycles. The highest BCUT2D eigenvalue weighted by atomic mass is 16.6. The summed E-state index contributed by atoms with van der Waals surface area (Å²) in [7, 11) is 0. The second-order valence-electron chi connectivity index (χ2n) is 2.46. The lowest BCUT2D eigenvalue weighted by Crippen LogP contribution is -2.40. The fraction of sp³-hybridized carbons (Fsp3) is 1.00. The van der Waals surface area contributed by atoms with E-state index in [4.69, 9.17) is 20.1 Å². The number of hydrogen-bond acceptors (Lipinski definition) is 4. The van der Waals surface area contributed by atoms with Crippen LogP contribution >= 0.6 is 0 Å². The van der Waals surface area contributed by atoms with Gasteiger partial charge in [0.15, 0.2) is 6.29 Å². The summed E-state index contributed by atoms with van der Waals surface area (Å²) in [5, 5.41) is 26.6. The predicted molar refractivity (Wildman–Crippen MR) is 33.2 cm³/mol. The molecule has 0 aromatic heterocycles. The summed E-state index contributed by atoms with van der Waals surface area (Å²) in [4.78, 5) is 0. The first-order chi connectivity index (χ1) is 4.74. The summed E-state index contributed by atoms with van der Waals surface area (Å²) in [5.74, 6) is 0. The van der Waals surface area contributed by atoms with Crippen molar-refractivity contribution in [3.05, 3.63) is 0 Å². The maximum atomic E-state index is 9.09. The molecule has 1 heterocycles. The molecule has 0 aromatic carbocycles. The van der Waals surface area contributed by atoms with Gasteiger partial charge in [-0.2, -0.15) is 0 Å². The van der Waals surface area contributed by atoms with Gasteiger partial charge in [0.2, 0.25) is 0 Å². The second kappa shape index (κ2) is 3.30. The molecular formula is C6H12O4. The molecule has 1 rings (SSSR count). The maximum absolute atomic E-state index is 9.09. The second-order valence-corrected chi connectivity index (χ2v) is 2.46. The Hall–Kier alpha value is -0.160. The van der Waals surface area contributed by atoms with E-state index in [0.717, 1.165) is 0 Å². The average molecular weight is 148 g/mol. The molecular weight excluding hydrogens is 136 g/mol. The van der Waals surface area contributed by atoms with Gasteiger partial charge in [-0.05, 0) is 6.42 Å². The average Bonchev–Trinajstić information content (AvgIpc) is 1.94. The molecule has 1 aliphatic heterocycles. The Morgan fingerprint density at radius 3 is 2.50 bits per heavy atom. The Morgan fingerprint density at radius 1 is 1.30 bits per heavy atom. The van der Waals surface area contributed by atoms with Crippen molar-refractivity contribution < 1.29 is 20.1 Å². The molecule has 1 aliphatic rings. The Morgan fingerprint density at radius 2 is 2.00 bits per heavy atom. The van der Waals surface area contributed by atoms with Crippen molar-refractivity contribution in [3.63, 3.8) is 0 Å². The number of aliphatic hydroxyl groups excluding tert-OH is 3. The largest absolute Gasteiger partial charge is 0.394 e. The van der Waals surface area contributed by atoms with E-state index >= 15 is 0 Å². The van der Waals surface area contributed by atoms with Crippen LogP contribution in [0, 0.1) is 0 Å². The van der Waals surface area contributed by atoms with Crippen LogP contribution in [0.4, 0.5) is 0 Å². The molecule has 4 heteroatoms. The molecule has 0 bridgehead atoms. The zero-order chi connectivity index (χ0) is 7.56. The number of rotatable bonds is 1. The molecule has 0 aromatic rings. The zero-order valence-corrected chi connectivity index (χ0v) is 5.60. The molecule has 0 radical (unpaired) electrons. The number of hydrogen-bond donors (Lipinski definition) is 3. The van der Waals surface area contributed by atoms with Crippen molar-refractivity contribution in [2.75, 3.05) is 6.61 Å². The van der Waals surface area contributed by atoms with Crippen LogP contribution in [0.1, 0.15) is 12.8 Å². The van der Waals surface area contributed by atoms with Gasteiger partial charge in [-0.15, -0.1) is 0 Å². The van der Waals surface area contributed by atoms with Gasteiger partial charge in [0.1, 0.15) is 6.10 Å². The summed E-state index contributed by atoms with van der Waals surface area (Å²) in [5.41, 5.74) is 0. The van der Waals surface area contributed by atoms with Gasteiger partial charge in [-0.25, -0.2) is 0 Å². The minimum absolute atomic E-state index is 0.238. The van der Waals surface area contributed by atoms with Gasteiger partial charge < -0.3 is 20.1 Å². The lowest BCUT2D eigenvalue weighted by molar-refractivity contribution is -0.207. The van der Waals surface area contributed by atoms with Crippen molar-refractivity contribution in [3.8, 4) is 0 Å². The van der Waals surface area contributed by atoms with Crippen LogP contribution in [0.3, 0.4) is 0 Å². The standard InChI is InChI=1S/C6H12O4/c7-3-5-4(8)1-2-6(9)10-5/h4-9H,1-3H2/t4-,5-,6?/m1/s1. The van der Waals surface area contributed by atoms with E-state index in [1.54, 1.807) is 0 Å². The van der Waals surface area contributed by atoms with E-state index in [9.17, 15) is 0 Å². The van der Waals surface area contributed by atoms with E-state index in [0.29, 0.717) is 12.8 Å². The molecule has 1 unspecified atom stereocenters. The van der Waals surface area contributed by atoms with E-state index in [1.807, 2.05) is 0 Å². The van der Waals surface area contributed by atoms with Gasteiger partial charge in [0, 0.05) is 6.42 Å². The quantitative estimate of drug-likeness (QED) is 0.438. The van der Waals surface area contributed by atoms with Crippen molar-refractivity contribution in [2.24, 2.45) is 0 Å². The molecule has 0 spiro atoms. The maximum Gasteiger partial charge on any atom is 0.155 e. The van der Waals surface area contributed by atoms with Crippen molar-refractivity contribution in [2.45, 2.75) is 31.3 Å². The van der Waals surface area contributed by atoms with Crippen LogP contribution in [0.25, 0.3) is 0 Å². The number of ether oxygens (including phenoxy) is 1. The first-order valence-electron chi connectivity index (χ1n) is 3.36. The fourth-order valence-corrected chi connectivity index (χ4v) is 1.02. The third-order valence-electron chi connectivity index (χ3n) is 1.65. The molecule has 1 fully saturated rings. The third-order valence-corrected chi connectivity index (χ3v) is 1.65. The molecule has 60 valence electrons. The minimum atomic E-state index is -0.819. The number of aliphatic hydroxyl groups is 3. The minimum Gasteiger partial charge on any atom is -0.394 e. The topological polar surface area (TPSA) is 69.9 Å². The highest BCUT2D eigenvalue weighted by molar-refractivity contribution is 4.73. The van der Waals surface area contributed by atoms with Gasteiger partial charge >= 0.3 is 0 Å². The third kappa shape index (κ3) is 1.67. The molecule has 3 N–H and O–H groups in total. The Labute approximate surface area is 59.1 Å². The smallest absolute Gasteiger partial charge is 0.155 e. The zero-order valence-electron chi connectivity index (χ0n) is 5.60. The Bertz CT molecular complexity index is 106. The summed E-state index contributed by atoms with van der Waals surface area (Å²) < 4.78 is 4.80. The highest BCUT2D eigenvalue weighted by Crippen LogP contribution is 2.17. The van der Waals surface area contributed by atoms with Gasteiger partial charge in [0.25, 0.3) is 0 Å².